The first kappa shape index (κ1) is 12.9. The largest absolute Gasteiger partial charge is 0.368 e. The molecule has 2 unspecified atom stereocenters. The number of hydrogen-bond donors (Lipinski definition) is 3. The number of hydrogen-bond acceptors (Lipinski definition) is 3. The number of rotatable bonds is 5. The molecular formula is C9H19N3O2. The molecule has 0 saturated heterocycles. The highest BCUT2D eigenvalue weighted by Crippen LogP contribution is 2.00. The number of nitrogens with one attached hydrogen (secondary N) is 2. The number of carbonyl (C=O) groups is 2. The van der Waals surface area contributed by atoms with Gasteiger partial charge in [0.25, 0.3) is 0 Å². The Balaban J connectivity index is 4.31. The highest BCUT2D eigenvalue weighted by atomic mass is 16.2. The van der Waals surface area contributed by atoms with E-state index in [1.54, 1.807) is 14.0 Å². The van der Waals surface area contributed by atoms with Crippen molar-refractivity contribution in [1.82, 2.24) is 10.6 Å². The molecule has 5 nitrogen and oxygen atoms in total. The SMILES string of the molecule is CNC(C)C(=O)NC(C(N)=O)C(C)C. The molecule has 0 aromatic rings. The van der Waals surface area contributed by atoms with Crippen LogP contribution in [0.25, 0.3) is 0 Å². The van der Waals surface area contributed by atoms with E-state index in [0.717, 1.165) is 0 Å². The molecule has 5 heteroatoms. The maximum absolute atomic E-state index is 11.4. The minimum absolute atomic E-state index is 0.000469. The molecule has 0 saturated carbocycles. The minimum atomic E-state index is -0.599. The third-order valence-electron chi connectivity index (χ3n) is 2.10. The van der Waals surface area contributed by atoms with Gasteiger partial charge < -0.3 is 16.4 Å². The normalized spacial score (nSPS) is 14.9. The zero-order valence-electron chi connectivity index (χ0n) is 9.13. The number of amides is 2. The molecule has 14 heavy (non-hydrogen) atoms. The van der Waals surface area contributed by atoms with Gasteiger partial charge in [-0.05, 0) is 19.9 Å². The third kappa shape index (κ3) is 3.74. The van der Waals surface area contributed by atoms with Gasteiger partial charge in [0.15, 0.2) is 0 Å². The quantitative estimate of drug-likeness (QED) is 0.545. The standard InChI is InChI=1S/C9H19N3O2/c1-5(2)7(8(10)13)12-9(14)6(3)11-4/h5-7,11H,1-4H3,(H2,10,13)(H,12,14). The van der Waals surface area contributed by atoms with Gasteiger partial charge in [-0.25, -0.2) is 0 Å². The Morgan fingerprint density at radius 2 is 1.71 bits per heavy atom. The zero-order valence-corrected chi connectivity index (χ0v) is 9.13. The predicted octanol–water partition coefficient (Wildman–Crippen LogP) is -0.780. The first-order valence-corrected chi connectivity index (χ1v) is 4.67. The van der Waals surface area contributed by atoms with Crippen molar-refractivity contribution in [3.63, 3.8) is 0 Å². The topological polar surface area (TPSA) is 84.2 Å². The average Bonchev–Trinajstić information content (AvgIpc) is 2.11. The molecule has 0 aliphatic heterocycles. The third-order valence-corrected chi connectivity index (χ3v) is 2.10. The van der Waals surface area contributed by atoms with Crippen molar-refractivity contribution in [1.29, 1.82) is 0 Å². The van der Waals surface area contributed by atoms with Gasteiger partial charge in [0, 0.05) is 0 Å². The molecular weight excluding hydrogens is 182 g/mol. The molecule has 2 amide bonds. The van der Waals surface area contributed by atoms with Crippen molar-refractivity contribution in [3.8, 4) is 0 Å². The Labute approximate surface area is 84.4 Å². The molecule has 82 valence electrons. The van der Waals surface area contributed by atoms with Crippen LogP contribution in [-0.2, 0) is 9.59 Å². The van der Waals surface area contributed by atoms with Gasteiger partial charge in [-0.3, -0.25) is 9.59 Å². The van der Waals surface area contributed by atoms with Crippen LogP contribution in [-0.4, -0.2) is 30.9 Å². The molecule has 0 aliphatic carbocycles. The summed E-state index contributed by atoms with van der Waals surface area (Å²) in [5, 5.41) is 5.37. The summed E-state index contributed by atoms with van der Waals surface area (Å²) in [6.45, 7) is 5.38. The monoisotopic (exact) mass is 201 g/mol. The van der Waals surface area contributed by atoms with Crippen molar-refractivity contribution >= 4 is 11.8 Å². The van der Waals surface area contributed by atoms with Crippen molar-refractivity contribution in [2.45, 2.75) is 32.9 Å². The van der Waals surface area contributed by atoms with E-state index in [1.165, 1.54) is 0 Å². The van der Waals surface area contributed by atoms with Crippen LogP contribution >= 0.6 is 0 Å². The lowest BCUT2D eigenvalue weighted by Crippen LogP contribution is -2.52. The van der Waals surface area contributed by atoms with Gasteiger partial charge in [-0.15, -0.1) is 0 Å². The van der Waals surface area contributed by atoms with E-state index in [1.807, 2.05) is 13.8 Å². The summed E-state index contributed by atoms with van der Waals surface area (Å²) in [7, 11) is 1.68. The zero-order chi connectivity index (χ0) is 11.3. The Morgan fingerprint density at radius 1 is 1.21 bits per heavy atom. The lowest BCUT2D eigenvalue weighted by Gasteiger charge is -2.21. The van der Waals surface area contributed by atoms with Crippen LogP contribution in [0.4, 0.5) is 0 Å². The molecule has 0 rings (SSSR count). The van der Waals surface area contributed by atoms with Crippen molar-refractivity contribution < 1.29 is 9.59 Å². The number of likely N-dealkylation sites (N-methyl/N-ethyl adjacent to an activating group) is 1. The van der Waals surface area contributed by atoms with Crippen LogP contribution in [0.1, 0.15) is 20.8 Å². The molecule has 2 atom stereocenters. The van der Waals surface area contributed by atoms with Gasteiger partial charge in [-0.1, -0.05) is 13.8 Å². The Hall–Kier alpha value is -1.10. The second-order valence-electron chi connectivity index (χ2n) is 3.64. The van der Waals surface area contributed by atoms with Gasteiger partial charge in [-0.2, -0.15) is 0 Å². The fourth-order valence-corrected chi connectivity index (χ4v) is 0.976. The number of carbonyl (C=O) groups excluding carboxylic acids is 2. The fraction of sp³-hybridized carbons (Fsp3) is 0.778. The predicted molar refractivity (Wildman–Crippen MR) is 54.5 cm³/mol. The van der Waals surface area contributed by atoms with E-state index in [0.29, 0.717) is 0 Å². The first-order chi connectivity index (χ1) is 6.40. The molecule has 0 aromatic heterocycles. The maximum Gasteiger partial charge on any atom is 0.240 e. The van der Waals surface area contributed by atoms with Crippen LogP contribution in [0.5, 0.6) is 0 Å². The second-order valence-corrected chi connectivity index (χ2v) is 3.64. The molecule has 0 aromatic carbocycles. The van der Waals surface area contributed by atoms with E-state index >= 15 is 0 Å². The summed E-state index contributed by atoms with van der Waals surface area (Å²) in [6.07, 6.45) is 0. The molecule has 0 spiro atoms. The Kier molecular flexibility index (Phi) is 5.15. The van der Waals surface area contributed by atoms with Crippen LogP contribution < -0.4 is 16.4 Å². The smallest absolute Gasteiger partial charge is 0.240 e. The van der Waals surface area contributed by atoms with Crippen LogP contribution in [0.2, 0.25) is 0 Å². The van der Waals surface area contributed by atoms with Gasteiger partial charge in [0.2, 0.25) is 11.8 Å². The Morgan fingerprint density at radius 3 is 2.00 bits per heavy atom. The number of primary amides is 1. The number of nitrogens with two attached hydrogens (primary N) is 1. The molecule has 4 N–H and O–H groups in total. The highest BCUT2D eigenvalue weighted by Gasteiger charge is 2.23. The molecule has 0 bridgehead atoms. The van der Waals surface area contributed by atoms with Crippen LogP contribution in [0, 0.1) is 5.92 Å². The fourth-order valence-electron chi connectivity index (χ4n) is 0.976. The summed E-state index contributed by atoms with van der Waals surface area (Å²) >= 11 is 0. The van der Waals surface area contributed by atoms with Crippen molar-refractivity contribution in [2.24, 2.45) is 11.7 Å². The van der Waals surface area contributed by atoms with Crippen LogP contribution in [0.3, 0.4) is 0 Å². The lowest BCUT2D eigenvalue weighted by atomic mass is 10.0. The summed E-state index contributed by atoms with van der Waals surface area (Å²) in [4.78, 5) is 22.4. The average molecular weight is 201 g/mol. The Bertz CT molecular complexity index is 216. The summed E-state index contributed by atoms with van der Waals surface area (Å²) < 4.78 is 0. The maximum atomic E-state index is 11.4. The minimum Gasteiger partial charge on any atom is -0.368 e. The lowest BCUT2D eigenvalue weighted by molar-refractivity contribution is -0.129. The first-order valence-electron chi connectivity index (χ1n) is 4.67. The van der Waals surface area contributed by atoms with Gasteiger partial charge >= 0.3 is 0 Å². The second kappa shape index (κ2) is 5.59. The highest BCUT2D eigenvalue weighted by molar-refractivity contribution is 5.88. The summed E-state index contributed by atoms with van der Waals surface area (Å²) in [5.74, 6) is -0.720. The summed E-state index contributed by atoms with van der Waals surface area (Å²) in [6, 6.07) is -0.922. The van der Waals surface area contributed by atoms with E-state index in [2.05, 4.69) is 10.6 Å². The van der Waals surface area contributed by atoms with Crippen molar-refractivity contribution in [2.75, 3.05) is 7.05 Å². The van der Waals surface area contributed by atoms with Gasteiger partial charge in [0.1, 0.15) is 6.04 Å². The molecule has 0 heterocycles. The summed E-state index contributed by atoms with van der Waals surface area (Å²) in [5.41, 5.74) is 5.15. The van der Waals surface area contributed by atoms with E-state index in [4.69, 9.17) is 5.73 Å². The van der Waals surface area contributed by atoms with E-state index in [-0.39, 0.29) is 17.9 Å². The molecule has 0 radical (unpaired) electrons. The van der Waals surface area contributed by atoms with E-state index < -0.39 is 11.9 Å². The van der Waals surface area contributed by atoms with E-state index in [9.17, 15) is 9.59 Å². The van der Waals surface area contributed by atoms with Crippen molar-refractivity contribution in [3.05, 3.63) is 0 Å². The van der Waals surface area contributed by atoms with Gasteiger partial charge in [0.05, 0.1) is 6.04 Å². The molecule has 0 fully saturated rings. The molecule has 0 aliphatic rings. The van der Waals surface area contributed by atoms with Crippen LogP contribution in [0.15, 0.2) is 0 Å².